The maximum Gasteiger partial charge on any atom is 0.249 e. The number of hydrogen-bond acceptors (Lipinski definition) is 3. The average molecular weight is 328 g/mol. The average Bonchev–Trinajstić information content (AvgIpc) is 2.78. The number of anilines is 1. The lowest BCUT2D eigenvalue weighted by molar-refractivity contribution is -0.111. The smallest absolute Gasteiger partial charge is 0.249 e. The van der Waals surface area contributed by atoms with E-state index in [0.29, 0.717) is 25.3 Å². The lowest BCUT2D eigenvalue weighted by Crippen LogP contribution is -2.21. The molecule has 2 heterocycles. The Morgan fingerprint density at radius 2 is 2.47 bits per heavy atom. The topological polar surface area (TPSA) is 45.2 Å². The monoisotopic (exact) mass is 327 g/mol. The summed E-state index contributed by atoms with van der Waals surface area (Å²) in [5.74, 6) is 0.272. The first-order valence-electron chi connectivity index (χ1n) is 6.09. The summed E-state index contributed by atoms with van der Waals surface area (Å²) in [6, 6.07) is 3.52. The second-order valence-corrected chi connectivity index (χ2v) is 5.31. The van der Waals surface area contributed by atoms with E-state index in [1.54, 1.807) is 24.4 Å². The van der Waals surface area contributed by atoms with Crippen molar-refractivity contribution in [3.63, 3.8) is 0 Å². The Morgan fingerprint density at radius 1 is 1.63 bits per heavy atom. The molecule has 0 radical (unpaired) electrons. The number of pyridine rings is 1. The van der Waals surface area contributed by atoms with Crippen molar-refractivity contribution in [3.8, 4) is 0 Å². The first kappa shape index (κ1) is 14.1. The molecule has 1 aliphatic rings. The van der Waals surface area contributed by atoms with Crippen molar-refractivity contribution in [2.24, 2.45) is 0 Å². The van der Waals surface area contributed by atoms with Gasteiger partial charge in [-0.3, -0.25) is 9.69 Å². The number of rotatable bonds is 4. The Bertz CT molecular complexity index is 463. The van der Waals surface area contributed by atoms with Crippen LogP contribution in [0.4, 0.5) is 10.2 Å². The van der Waals surface area contributed by atoms with Crippen LogP contribution in [-0.4, -0.2) is 41.6 Å². The predicted molar refractivity (Wildman–Crippen MR) is 75.7 cm³/mol. The van der Waals surface area contributed by atoms with Crippen LogP contribution in [-0.2, 0) is 4.79 Å². The number of hydrogen-bond donors (Lipinski definition) is 1. The van der Waals surface area contributed by atoms with E-state index in [2.05, 4.69) is 26.2 Å². The van der Waals surface area contributed by atoms with E-state index >= 15 is 0 Å². The van der Waals surface area contributed by atoms with Gasteiger partial charge < -0.3 is 5.32 Å². The van der Waals surface area contributed by atoms with Gasteiger partial charge in [0.25, 0.3) is 0 Å². The molecule has 1 saturated heterocycles. The van der Waals surface area contributed by atoms with E-state index < -0.39 is 6.17 Å². The van der Waals surface area contributed by atoms with Gasteiger partial charge in [0.15, 0.2) is 0 Å². The lowest BCUT2D eigenvalue weighted by atomic mass is 10.3. The number of nitrogens with zero attached hydrogens (tertiary/aromatic N) is 2. The van der Waals surface area contributed by atoms with Crippen LogP contribution in [0.3, 0.4) is 0 Å². The molecule has 0 aliphatic carbocycles. The standard InChI is InChI=1S/C13H15BrFN3O/c14-10-3-4-12(16-8-10)17-13(19)2-1-6-18-7-5-11(15)9-18/h1-4,8,11H,5-7,9H2,(H,16,17,19)/b2-1+. The second-order valence-electron chi connectivity index (χ2n) is 4.40. The third-order valence-corrected chi connectivity index (χ3v) is 3.30. The fourth-order valence-electron chi connectivity index (χ4n) is 1.88. The molecular weight excluding hydrogens is 313 g/mol. The summed E-state index contributed by atoms with van der Waals surface area (Å²) >= 11 is 3.27. The van der Waals surface area contributed by atoms with Gasteiger partial charge in [-0.05, 0) is 34.5 Å². The van der Waals surface area contributed by atoms with Crippen LogP contribution >= 0.6 is 15.9 Å². The molecule has 0 spiro atoms. The maximum atomic E-state index is 12.9. The Morgan fingerprint density at radius 3 is 3.11 bits per heavy atom. The molecule has 0 aromatic carbocycles. The van der Waals surface area contributed by atoms with Gasteiger partial charge >= 0.3 is 0 Å². The van der Waals surface area contributed by atoms with Crippen molar-refractivity contribution in [2.75, 3.05) is 25.0 Å². The van der Waals surface area contributed by atoms with Crippen molar-refractivity contribution >= 4 is 27.7 Å². The largest absolute Gasteiger partial charge is 0.307 e. The highest BCUT2D eigenvalue weighted by atomic mass is 79.9. The zero-order chi connectivity index (χ0) is 13.7. The number of alkyl halides is 1. The number of halogens is 2. The molecule has 4 nitrogen and oxygen atoms in total. The summed E-state index contributed by atoms with van der Waals surface area (Å²) in [5.41, 5.74) is 0. The van der Waals surface area contributed by atoms with Crippen LogP contribution in [0.2, 0.25) is 0 Å². The van der Waals surface area contributed by atoms with Gasteiger partial charge in [-0.2, -0.15) is 0 Å². The van der Waals surface area contributed by atoms with Gasteiger partial charge in [0.2, 0.25) is 5.91 Å². The van der Waals surface area contributed by atoms with Crippen LogP contribution in [0.15, 0.2) is 35.0 Å². The zero-order valence-electron chi connectivity index (χ0n) is 10.4. The molecule has 1 N–H and O–H groups in total. The van der Waals surface area contributed by atoms with Gasteiger partial charge in [0.1, 0.15) is 12.0 Å². The highest BCUT2D eigenvalue weighted by Gasteiger charge is 2.20. The molecule has 0 bridgehead atoms. The summed E-state index contributed by atoms with van der Waals surface area (Å²) in [5, 5.41) is 2.65. The summed E-state index contributed by atoms with van der Waals surface area (Å²) in [7, 11) is 0. The molecular formula is C13H15BrFN3O. The maximum absolute atomic E-state index is 12.9. The van der Waals surface area contributed by atoms with Crippen molar-refractivity contribution in [1.29, 1.82) is 0 Å². The second kappa shape index (κ2) is 6.77. The van der Waals surface area contributed by atoms with E-state index in [-0.39, 0.29) is 5.91 Å². The summed E-state index contributed by atoms with van der Waals surface area (Å²) in [6.07, 6.45) is 4.67. The lowest BCUT2D eigenvalue weighted by Gasteiger charge is -2.10. The summed E-state index contributed by atoms with van der Waals surface area (Å²) < 4.78 is 13.8. The molecule has 1 aliphatic heterocycles. The quantitative estimate of drug-likeness (QED) is 0.863. The fraction of sp³-hybridized carbons (Fsp3) is 0.385. The first-order chi connectivity index (χ1) is 9.13. The third-order valence-electron chi connectivity index (χ3n) is 2.83. The molecule has 102 valence electrons. The van der Waals surface area contributed by atoms with Gasteiger partial charge in [0, 0.05) is 36.4 Å². The highest BCUT2D eigenvalue weighted by molar-refractivity contribution is 9.10. The third kappa shape index (κ3) is 4.72. The van der Waals surface area contributed by atoms with Gasteiger partial charge in [-0.1, -0.05) is 6.08 Å². The first-order valence-corrected chi connectivity index (χ1v) is 6.88. The van der Waals surface area contributed by atoms with E-state index in [0.717, 1.165) is 11.0 Å². The minimum Gasteiger partial charge on any atom is -0.307 e. The van der Waals surface area contributed by atoms with Crippen molar-refractivity contribution < 1.29 is 9.18 Å². The SMILES string of the molecule is O=C(/C=C/CN1CCC(F)C1)Nc1ccc(Br)cn1. The number of nitrogens with one attached hydrogen (secondary N) is 1. The van der Waals surface area contributed by atoms with Crippen molar-refractivity contribution in [2.45, 2.75) is 12.6 Å². The Labute approximate surface area is 119 Å². The van der Waals surface area contributed by atoms with E-state index in [1.807, 2.05) is 4.90 Å². The van der Waals surface area contributed by atoms with Crippen molar-refractivity contribution in [3.05, 3.63) is 35.0 Å². The minimum atomic E-state index is -0.728. The number of aromatic nitrogens is 1. The molecule has 1 atom stereocenters. The molecule has 1 aromatic heterocycles. The molecule has 19 heavy (non-hydrogen) atoms. The molecule has 6 heteroatoms. The zero-order valence-corrected chi connectivity index (χ0v) is 11.9. The van der Waals surface area contributed by atoms with Gasteiger partial charge in [0.05, 0.1) is 0 Å². The molecule has 0 saturated carbocycles. The molecule has 1 unspecified atom stereocenters. The summed E-state index contributed by atoms with van der Waals surface area (Å²) in [6.45, 7) is 1.81. The van der Waals surface area contributed by atoms with Crippen LogP contribution in [0, 0.1) is 0 Å². The van der Waals surface area contributed by atoms with E-state index in [1.165, 1.54) is 6.08 Å². The highest BCUT2D eigenvalue weighted by Crippen LogP contribution is 2.12. The predicted octanol–water partition coefficient (Wildman–Crippen LogP) is 2.38. The van der Waals surface area contributed by atoms with Crippen LogP contribution in [0.1, 0.15) is 6.42 Å². The normalized spacial score (nSPS) is 20.0. The fourth-order valence-corrected chi connectivity index (χ4v) is 2.11. The van der Waals surface area contributed by atoms with E-state index in [9.17, 15) is 9.18 Å². The Kier molecular flexibility index (Phi) is 5.04. The molecule has 1 amide bonds. The van der Waals surface area contributed by atoms with Crippen LogP contribution in [0.25, 0.3) is 0 Å². The summed E-state index contributed by atoms with van der Waals surface area (Å²) in [4.78, 5) is 17.6. The number of carbonyl (C=O) groups excluding carboxylic acids is 1. The van der Waals surface area contributed by atoms with Gasteiger partial charge in [-0.15, -0.1) is 0 Å². The number of likely N-dealkylation sites (tertiary alicyclic amines) is 1. The number of carbonyl (C=O) groups is 1. The number of amides is 1. The van der Waals surface area contributed by atoms with Crippen LogP contribution < -0.4 is 5.32 Å². The minimum absolute atomic E-state index is 0.231. The molecule has 2 rings (SSSR count). The van der Waals surface area contributed by atoms with Gasteiger partial charge in [-0.25, -0.2) is 9.37 Å². The van der Waals surface area contributed by atoms with Crippen LogP contribution in [0.5, 0.6) is 0 Å². The van der Waals surface area contributed by atoms with E-state index in [4.69, 9.17) is 0 Å². The van der Waals surface area contributed by atoms with Crippen molar-refractivity contribution in [1.82, 2.24) is 9.88 Å². The molecule has 1 fully saturated rings. The Balaban J connectivity index is 1.76. The Hall–Kier alpha value is -1.27. The molecule has 1 aromatic rings.